The molecule has 0 aromatic rings. The van der Waals surface area contributed by atoms with E-state index in [-0.39, 0.29) is 0 Å². The van der Waals surface area contributed by atoms with E-state index in [1.54, 1.807) is 0 Å². The lowest BCUT2D eigenvalue weighted by Crippen LogP contribution is -2.53. The van der Waals surface area contributed by atoms with Crippen molar-refractivity contribution in [2.45, 2.75) is 289 Å². The Balaban J connectivity index is 3.50. The minimum Gasteiger partial charge on any atom is -0.394 e. The molecule has 0 aliphatic carbocycles. The van der Waals surface area contributed by atoms with Crippen LogP contribution in [0.1, 0.15) is 264 Å². The van der Waals surface area contributed by atoms with Gasteiger partial charge in [-0.2, -0.15) is 0 Å². The first kappa shape index (κ1) is 55.8. The van der Waals surface area contributed by atoms with Gasteiger partial charge in [-0.1, -0.05) is 244 Å². The normalized spacial score (nSPS) is 14.1. The van der Waals surface area contributed by atoms with Crippen molar-refractivity contribution in [1.29, 1.82) is 0 Å². The number of rotatable bonds is 46. The first-order chi connectivity index (χ1) is 28.0. The molecule has 0 spiro atoms. The quantitative estimate of drug-likeness (QED) is 0.0311. The number of unbranched alkanes of at least 4 members (excludes halogenated alkanes) is 33. The molecule has 338 valence electrons. The molecule has 0 radical (unpaired) electrons. The highest BCUT2D eigenvalue weighted by Crippen LogP contribution is 2.18. The zero-order chi connectivity index (χ0) is 41.7. The third kappa shape index (κ3) is 40.0. The standard InChI is InChI=1S/C51H99NO5/c1-3-5-7-9-11-13-14-15-16-17-18-19-20-21-22-23-24-25-26-27-28-29-30-31-32-33-34-35-37-39-41-43-45-49(55)51(57)52-47(46-53)50(56)48(54)44-42-40-38-36-12-10-8-6-4-2/h6,8,36,38,47-50,53-56H,3-5,7,9-35,37,39-46H2,1-2H3,(H,52,57)/b8-6+,38-36+. The zero-order valence-corrected chi connectivity index (χ0v) is 38.1. The maximum atomic E-state index is 12.5. The maximum Gasteiger partial charge on any atom is 0.249 e. The third-order valence-electron chi connectivity index (χ3n) is 11.9. The number of hydrogen-bond acceptors (Lipinski definition) is 5. The maximum absolute atomic E-state index is 12.5. The summed E-state index contributed by atoms with van der Waals surface area (Å²) < 4.78 is 0. The Morgan fingerprint density at radius 3 is 1.12 bits per heavy atom. The van der Waals surface area contributed by atoms with Crippen LogP contribution in [0, 0.1) is 0 Å². The highest BCUT2D eigenvalue weighted by atomic mass is 16.3. The van der Waals surface area contributed by atoms with E-state index in [1.165, 1.54) is 186 Å². The summed E-state index contributed by atoms with van der Waals surface area (Å²) in [6.07, 6.45) is 54.2. The second kappa shape index (κ2) is 45.9. The summed E-state index contributed by atoms with van der Waals surface area (Å²) in [7, 11) is 0. The Bertz CT molecular complexity index is 863. The fraction of sp³-hybridized carbons (Fsp3) is 0.902. The first-order valence-corrected chi connectivity index (χ1v) is 25.2. The largest absolute Gasteiger partial charge is 0.394 e. The summed E-state index contributed by atoms with van der Waals surface area (Å²) in [5, 5.41) is 43.5. The van der Waals surface area contributed by atoms with Crippen LogP contribution in [0.25, 0.3) is 0 Å². The van der Waals surface area contributed by atoms with Crippen molar-refractivity contribution >= 4 is 5.91 Å². The number of hydrogen-bond donors (Lipinski definition) is 5. The molecule has 0 saturated heterocycles. The van der Waals surface area contributed by atoms with Crippen molar-refractivity contribution in [3.05, 3.63) is 24.3 Å². The summed E-state index contributed by atoms with van der Waals surface area (Å²) >= 11 is 0. The summed E-state index contributed by atoms with van der Waals surface area (Å²) in [6, 6.07) is -1.00. The Kier molecular flexibility index (Phi) is 44.9. The number of carbonyl (C=O) groups excluding carboxylic acids is 1. The van der Waals surface area contributed by atoms with Crippen molar-refractivity contribution in [2.75, 3.05) is 6.61 Å². The van der Waals surface area contributed by atoms with Gasteiger partial charge >= 0.3 is 0 Å². The molecule has 5 N–H and O–H groups in total. The zero-order valence-electron chi connectivity index (χ0n) is 38.1. The van der Waals surface area contributed by atoms with Gasteiger partial charge in [0, 0.05) is 0 Å². The number of amides is 1. The number of nitrogens with one attached hydrogen (secondary N) is 1. The van der Waals surface area contributed by atoms with Crippen LogP contribution >= 0.6 is 0 Å². The molecule has 57 heavy (non-hydrogen) atoms. The second-order valence-corrected chi connectivity index (χ2v) is 17.5. The molecule has 0 saturated carbocycles. The number of aliphatic hydroxyl groups is 4. The summed E-state index contributed by atoms with van der Waals surface area (Å²) in [4.78, 5) is 12.5. The van der Waals surface area contributed by atoms with Crippen LogP contribution < -0.4 is 5.32 Å². The second-order valence-electron chi connectivity index (χ2n) is 17.5. The lowest BCUT2D eigenvalue weighted by Gasteiger charge is -2.27. The molecule has 0 aliphatic rings. The minimum atomic E-state index is -1.28. The van der Waals surface area contributed by atoms with Gasteiger partial charge in [0.25, 0.3) is 0 Å². The average molecular weight is 806 g/mol. The monoisotopic (exact) mass is 806 g/mol. The van der Waals surface area contributed by atoms with E-state index >= 15 is 0 Å². The van der Waals surface area contributed by atoms with Crippen molar-refractivity contribution in [2.24, 2.45) is 0 Å². The summed E-state index contributed by atoms with van der Waals surface area (Å²) in [5.74, 6) is -0.596. The Morgan fingerprint density at radius 2 is 0.772 bits per heavy atom. The molecule has 0 bridgehead atoms. The predicted octanol–water partition coefficient (Wildman–Crippen LogP) is 13.9. The molecule has 6 heteroatoms. The SMILES string of the molecule is CC/C=C/CC/C=C/CCCC(O)C(O)C(CO)NC(=O)C(O)CCCCCCCCCCCCCCCCCCCCCCCCCCCCCCCCCC. The van der Waals surface area contributed by atoms with Crippen LogP contribution in [0.3, 0.4) is 0 Å². The topological polar surface area (TPSA) is 110 Å². The molecule has 0 fully saturated rings. The van der Waals surface area contributed by atoms with Gasteiger partial charge in [0.05, 0.1) is 18.8 Å². The number of allylic oxidation sites excluding steroid dienone is 4. The third-order valence-corrected chi connectivity index (χ3v) is 11.9. The van der Waals surface area contributed by atoms with E-state index in [0.29, 0.717) is 19.3 Å². The van der Waals surface area contributed by atoms with Gasteiger partial charge in [-0.05, 0) is 44.9 Å². The van der Waals surface area contributed by atoms with Gasteiger partial charge in [-0.3, -0.25) is 4.79 Å². The van der Waals surface area contributed by atoms with E-state index in [9.17, 15) is 25.2 Å². The molecule has 6 nitrogen and oxygen atoms in total. The van der Waals surface area contributed by atoms with Gasteiger partial charge in [-0.25, -0.2) is 0 Å². The smallest absolute Gasteiger partial charge is 0.249 e. The van der Waals surface area contributed by atoms with Crippen molar-refractivity contribution in [3.8, 4) is 0 Å². The highest BCUT2D eigenvalue weighted by molar-refractivity contribution is 5.80. The molecule has 0 heterocycles. The summed E-state index contributed by atoms with van der Waals surface area (Å²) in [5.41, 5.74) is 0. The molecule has 0 rings (SSSR count). The fourth-order valence-corrected chi connectivity index (χ4v) is 7.96. The molecule has 0 aromatic heterocycles. The Morgan fingerprint density at radius 1 is 0.439 bits per heavy atom. The van der Waals surface area contributed by atoms with Crippen LogP contribution in [0.15, 0.2) is 24.3 Å². The van der Waals surface area contributed by atoms with Crippen molar-refractivity contribution in [3.63, 3.8) is 0 Å². The fourth-order valence-electron chi connectivity index (χ4n) is 7.96. The van der Waals surface area contributed by atoms with Crippen LogP contribution in [0.2, 0.25) is 0 Å². The molecule has 4 unspecified atom stereocenters. The number of aliphatic hydroxyl groups excluding tert-OH is 4. The van der Waals surface area contributed by atoms with E-state index < -0.39 is 36.9 Å². The van der Waals surface area contributed by atoms with Gasteiger partial charge in [-0.15, -0.1) is 0 Å². The van der Waals surface area contributed by atoms with Crippen LogP contribution in [0.5, 0.6) is 0 Å². The average Bonchev–Trinajstić information content (AvgIpc) is 3.22. The molecule has 0 aliphatic heterocycles. The van der Waals surface area contributed by atoms with Crippen molar-refractivity contribution in [1.82, 2.24) is 5.32 Å². The predicted molar refractivity (Wildman–Crippen MR) is 247 cm³/mol. The van der Waals surface area contributed by atoms with Gasteiger partial charge in [0.2, 0.25) is 5.91 Å². The first-order valence-electron chi connectivity index (χ1n) is 25.2. The lowest BCUT2D eigenvalue weighted by molar-refractivity contribution is -0.132. The molecular formula is C51H99NO5. The highest BCUT2D eigenvalue weighted by Gasteiger charge is 2.28. The molecular weight excluding hydrogens is 707 g/mol. The minimum absolute atomic E-state index is 0.364. The van der Waals surface area contributed by atoms with Crippen LogP contribution in [-0.4, -0.2) is 57.3 Å². The summed E-state index contributed by atoms with van der Waals surface area (Å²) in [6.45, 7) is 3.92. The van der Waals surface area contributed by atoms with Gasteiger partial charge in [0.1, 0.15) is 12.2 Å². The van der Waals surface area contributed by atoms with E-state index in [0.717, 1.165) is 44.9 Å². The van der Waals surface area contributed by atoms with E-state index in [2.05, 4.69) is 43.5 Å². The van der Waals surface area contributed by atoms with E-state index in [1.807, 2.05) is 0 Å². The van der Waals surface area contributed by atoms with Gasteiger partial charge in [0.15, 0.2) is 0 Å². The Hall–Kier alpha value is -1.21. The number of carbonyl (C=O) groups is 1. The molecule has 1 amide bonds. The van der Waals surface area contributed by atoms with E-state index in [4.69, 9.17) is 0 Å². The lowest BCUT2D eigenvalue weighted by atomic mass is 10.00. The van der Waals surface area contributed by atoms with Crippen molar-refractivity contribution < 1.29 is 25.2 Å². The molecule has 0 aromatic carbocycles. The Labute approximate surface area is 354 Å². The molecule has 4 atom stereocenters. The van der Waals surface area contributed by atoms with Gasteiger partial charge < -0.3 is 25.7 Å². The van der Waals surface area contributed by atoms with Crippen LogP contribution in [0.4, 0.5) is 0 Å². The van der Waals surface area contributed by atoms with Crippen LogP contribution in [-0.2, 0) is 4.79 Å².